The van der Waals surface area contributed by atoms with E-state index in [1.165, 1.54) is 0 Å². The second-order valence-electron chi connectivity index (χ2n) is 5.50. The van der Waals surface area contributed by atoms with Crippen molar-refractivity contribution in [2.75, 3.05) is 5.32 Å². The summed E-state index contributed by atoms with van der Waals surface area (Å²) in [4.78, 5) is 12.2. The standard InChI is InChI=1S/C18H19BrN2O2S/c1-3-11(2)12-7-8-16(22)15(10-12)20-18(24)21-17(23)13-5-4-6-14(19)9-13/h4-11,22H,3H2,1-2H3,(H2,20,21,23,24)/t11-/m1/s1. The van der Waals surface area contributed by atoms with Gasteiger partial charge in [-0.3, -0.25) is 10.1 Å². The number of phenolic OH excluding ortho intramolecular Hbond substituents is 1. The normalized spacial score (nSPS) is 11.6. The van der Waals surface area contributed by atoms with Crippen LogP contribution in [0.1, 0.15) is 42.1 Å². The average molecular weight is 407 g/mol. The summed E-state index contributed by atoms with van der Waals surface area (Å²) in [5.74, 6) is 0.142. The predicted octanol–water partition coefficient (Wildman–Crippen LogP) is 4.80. The van der Waals surface area contributed by atoms with Gasteiger partial charge in [-0.1, -0.05) is 41.9 Å². The number of carbonyl (C=O) groups excluding carboxylic acids is 1. The maximum atomic E-state index is 12.2. The molecule has 0 spiro atoms. The van der Waals surface area contributed by atoms with Gasteiger partial charge >= 0.3 is 0 Å². The Morgan fingerprint density at radius 3 is 2.71 bits per heavy atom. The number of nitrogens with one attached hydrogen (secondary N) is 2. The molecule has 3 N–H and O–H groups in total. The van der Waals surface area contributed by atoms with E-state index in [2.05, 4.69) is 40.4 Å². The molecule has 6 heteroatoms. The highest BCUT2D eigenvalue weighted by Gasteiger charge is 2.11. The third-order valence-electron chi connectivity index (χ3n) is 3.76. The monoisotopic (exact) mass is 406 g/mol. The van der Waals surface area contributed by atoms with Crippen LogP contribution in [0.4, 0.5) is 5.69 Å². The van der Waals surface area contributed by atoms with Crippen molar-refractivity contribution in [1.29, 1.82) is 0 Å². The molecule has 1 amide bonds. The number of hydrogen-bond acceptors (Lipinski definition) is 3. The fraction of sp³-hybridized carbons (Fsp3) is 0.222. The van der Waals surface area contributed by atoms with Crippen LogP contribution in [0.15, 0.2) is 46.9 Å². The number of thiocarbonyl (C=S) groups is 1. The van der Waals surface area contributed by atoms with Crippen molar-refractivity contribution in [3.8, 4) is 5.75 Å². The van der Waals surface area contributed by atoms with Gasteiger partial charge in [0.25, 0.3) is 5.91 Å². The second-order valence-corrected chi connectivity index (χ2v) is 6.83. The topological polar surface area (TPSA) is 61.4 Å². The van der Waals surface area contributed by atoms with E-state index in [9.17, 15) is 9.90 Å². The minimum Gasteiger partial charge on any atom is -0.506 e. The van der Waals surface area contributed by atoms with Crippen LogP contribution >= 0.6 is 28.1 Å². The molecule has 0 saturated carbocycles. The molecule has 2 rings (SSSR count). The summed E-state index contributed by atoms with van der Waals surface area (Å²) >= 11 is 8.50. The molecule has 0 unspecified atom stereocenters. The van der Waals surface area contributed by atoms with Crippen LogP contribution in [0, 0.1) is 0 Å². The van der Waals surface area contributed by atoms with Gasteiger partial charge in [0.2, 0.25) is 0 Å². The summed E-state index contributed by atoms with van der Waals surface area (Å²) in [6.45, 7) is 4.22. The number of phenols is 1. The summed E-state index contributed by atoms with van der Waals surface area (Å²) in [6, 6.07) is 12.4. The summed E-state index contributed by atoms with van der Waals surface area (Å²) in [7, 11) is 0. The Labute approximate surface area is 155 Å². The number of amides is 1. The SMILES string of the molecule is CC[C@@H](C)c1ccc(O)c(NC(=S)NC(=O)c2cccc(Br)c2)c1. The minimum atomic E-state index is -0.314. The minimum absolute atomic E-state index is 0.0844. The molecular formula is C18H19BrN2O2S. The Morgan fingerprint density at radius 2 is 2.04 bits per heavy atom. The van der Waals surface area contributed by atoms with Crippen molar-refractivity contribution >= 4 is 44.9 Å². The zero-order valence-electron chi connectivity index (χ0n) is 13.5. The molecule has 4 nitrogen and oxygen atoms in total. The zero-order valence-corrected chi connectivity index (χ0v) is 15.9. The fourth-order valence-corrected chi connectivity index (χ4v) is 2.76. The van der Waals surface area contributed by atoms with E-state index < -0.39 is 0 Å². The molecular weight excluding hydrogens is 388 g/mol. The first-order valence-electron chi connectivity index (χ1n) is 7.61. The van der Waals surface area contributed by atoms with E-state index in [0.29, 0.717) is 17.2 Å². The lowest BCUT2D eigenvalue weighted by Gasteiger charge is -2.14. The smallest absolute Gasteiger partial charge is 0.257 e. The number of hydrogen-bond donors (Lipinski definition) is 3. The Bertz CT molecular complexity index is 764. The Hall–Kier alpha value is -1.92. The van der Waals surface area contributed by atoms with E-state index in [0.717, 1.165) is 16.5 Å². The van der Waals surface area contributed by atoms with Crippen LogP contribution in [-0.4, -0.2) is 16.1 Å². The lowest BCUT2D eigenvalue weighted by molar-refractivity contribution is 0.0977. The highest BCUT2D eigenvalue weighted by Crippen LogP contribution is 2.29. The first-order valence-corrected chi connectivity index (χ1v) is 8.81. The van der Waals surface area contributed by atoms with Crippen molar-refractivity contribution in [3.05, 3.63) is 58.1 Å². The largest absolute Gasteiger partial charge is 0.506 e. The number of carbonyl (C=O) groups is 1. The van der Waals surface area contributed by atoms with Gasteiger partial charge in [0.1, 0.15) is 5.75 Å². The first kappa shape index (κ1) is 18.4. The summed E-state index contributed by atoms with van der Waals surface area (Å²) in [6.07, 6.45) is 0.994. The predicted molar refractivity (Wildman–Crippen MR) is 105 cm³/mol. The Morgan fingerprint density at radius 1 is 1.29 bits per heavy atom. The van der Waals surface area contributed by atoms with Crippen molar-refractivity contribution in [2.24, 2.45) is 0 Å². The van der Waals surface area contributed by atoms with Gasteiger partial charge in [0, 0.05) is 10.0 Å². The second kappa shape index (κ2) is 8.26. The summed E-state index contributed by atoms with van der Waals surface area (Å²) < 4.78 is 0.813. The number of rotatable bonds is 4. The molecule has 0 fully saturated rings. The van der Waals surface area contributed by atoms with Crippen LogP contribution in [0.5, 0.6) is 5.75 Å². The lowest BCUT2D eigenvalue weighted by atomic mass is 9.98. The van der Waals surface area contributed by atoms with Crippen LogP contribution in [0.25, 0.3) is 0 Å². The van der Waals surface area contributed by atoms with Gasteiger partial charge < -0.3 is 10.4 Å². The molecule has 0 radical (unpaired) electrons. The van der Waals surface area contributed by atoms with Crippen LogP contribution in [0.3, 0.4) is 0 Å². The first-order chi connectivity index (χ1) is 11.4. The number of benzene rings is 2. The number of anilines is 1. The number of aromatic hydroxyl groups is 1. The molecule has 126 valence electrons. The molecule has 0 bridgehead atoms. The van der Waals surface area contributed by atoms with Crippen LogP contribution in [0.2, 0.25) is 0 Å². The van der Waals surface area contributed by atoms with E-state index in [1.54, 1.807) is 24.3 Å². The molecule has 2 aromatic rings. The molecule has 0 heterocycles. The molecule has 0 aliphatic rings. The highest BCUT2D eigenvalue weighted by atomic mass is 79.9. The lowest BCUT2D eigenvalue weighted by Crippen LogP contribution is -2.34. The average Bonchev–Trinajstić information content (AvgIpc) is 2.56. The number of halogens is 1. The third-order valence-corrected chi connectivity index (χ3v) is 4.46. The maximum absolute atomic E-state index is 12.2. The van der Waals surface area contributed by atoms with Crippen molar-refractivity contribution in [2.45, 2.75) is 26.2 Å². The quantitative estimate of drug-likeness (QED) is 0.504. The molecule has 24 heavy (non-hydrogen) atoms. The molecule has 0 aliphatic carbocycles. The van der Waals surface area contributed by atoms with Gasteiger partial charge in [0.05, 0.1) is 5.69 Å². The van der Waals surface area contributed by atoms with E-state index in [4.69, 9.17) is 12.2 Å². The van der Waals surface area contributed by atoms with Gasteiger partial charge in [-0.25, -0.2) is 0 Å². The van der Waals surface area contributed by atoms with Crippen molar-refractivity contribution in [3.63, 3.8) is 0 Å². The Balaban J connectivity index is 2.08. The van der Waals surface area contributed by atoms with Crippen molar-refractivity contribution < 1.29 is 9.90 Å². The van der Waals surface area contributed by atoms with Gasteiger partial charge in [-0.15, -0.1) is 0 Å². The molecule has 0 saturated heterocycles. The highest BCUT2D eigenvalue weighted by molar-refractivity contribution is 9.10. The van der Waals surface area contributed by atoms with E-state index in [-0.39, 0.29) is 16.8 Å². The molecule has 1 atom stereocenters. The van der Waals surface area contributed by atoms with Crippen LogP contribution in [-0.2, 0) is 0 Å². The van der Waals surface area contributed by atoms with E-state index >= 15 is 0 Å². The molecule has 2 aromatic carbocycles. The van der Waals surface area contributed by atoms with Crippen molar-refractivity contribution in [1.82, 2.24) is 5.32 Å². The summed E-state index contributed by atoms with van der Waals surface area (Å²) in [5, 5.41) is 15.6. The van der Waals surface area contributed by atoms with Gasteiger partial charge in [0.15, 0.2) is 5.11 Å². The molecule has 0 aliphatic heterocycles. The van der Waals surface area contributed by atoms with Gasteiger partial charge in [-0.05, 0) is 60.5 Å². The van der Waals surface area contributed by atoms with Crippen LogP contribution < -0.4 is 10.6 Å². The fourth-order valence-electron chi connectivity index (χ4n) is 2.15. The zero-order chi connectivity index (χ0) is 17.7. The Kier molecular flexibility index (Phi) is 6.34. The van der Waals surface area contributed by atoms with Gasteiger partial charge in [-0.2, -0.15) is 0 Å². The molecule has 0 aromatic heterocycles. The summed E-state index contributed by atoms with van der Waals surface area (Å²) in [5.41, 5.74) is 2.07. The van der Waals surface area contributed by atoms with E-state index in [1.807, 2.05) is 18.2 Å². The third kappa shape index (κ3) is 4.79. The maximum Gasteiger partial charge on any atom is 0.257 e.